The molecule has 0 heterocycles. The van der Waals surface area contributed by atoms with E-state index >= 15 is 0 Å². The van der Waals surface area contributed by atoms with Crippen molar-refractivity contribution < 1.29 is 22.0 Å². The van der Waals surface area contributed by atoms with Gasteiger partial charge in [-0.1, -0.05) is 23.3 Å². The minimum Gasteiger partial charge on any atom is -0.307 e. The Hall–Kier alpha value is -1.47. The molecule has 7 nitrogen and oxygen atoms in total. The van der Waals surface area contributed by atoms with Crippen molar-refractivity contribution in [2.45, 2.75) is 32.6 Å². The molecule has 0 spiro atoms. The largest absolute Gasteiger partial charge is 0.381 e. The quantitative estimate of drug-likeness (QED) is 0.448. The summed E-state index contributed by atoms with van der Waals surface area (Å²) in [7, 11) is -5.19. The third-order valence-electron chi connectivity index (χ3n) is 3.43. The third-order valence-corrected chi connectivity index (χ3v) is 6.57. The molecule has 0 fully saturated rings. The van der Waals surface area contributed by atoms with Crippen LogP contribution in [-0.2, 0) is 23.6 Å². The maximum absolute atomic E-state index is 12.7. The molecule has 0 radical (unpaired) electrons. The van der Waals surface area contributed by atoms with Crippen molar-refractivity contribution >= 4 is 23.1 Å². The zero-order chi connectivity index (χ0) is 18.5. The first kappa shape index (κ1) is 20.6. The first-order chi connectivity index (χ1) is 11.1. The van der Waals surface area contributed by atoms with Crippen molar-refractivity contribution in [3.63, 3.8) is 0 Å². The van der Waals surface area contributed by atoms with E-state index in [1.165, 1.54) is 26.4 Å². The second-order valence-corrected chi connectivity index (χ2v) is 9.14. The molecule has 24 heavy (non-hydrogen) atoms. The smallest absolute Gasteiger partial charge is 0.307 e. The molecule has 134 valence electrons. The Morgan fingerprint density at radius 1 is 1.08 bits per heavy atom. The molecule has 1 rings (SSSR count). The lowest BCUT2D eigenvalue weighted by Gasteiger charge is -2.17. The predicted octanol–water partition coefficient (Wildman–Crippen LogP) is 3.43. The number of hydrazone groups is 1. The first-order valence-corrected chi connectivity index (χ1v) is 10.1. The van der Waals surface area contributed by atoms with Crippen LogP contribution in [0.1, 0.15) is 26.3 Å². The fourth-order valence-corrected chi connectivity index (χ4v) is 3.88. The Bertz CT molecular complexity index is 786. The van der Waals surface area contributed by atoms with E-state index in [0.29, 0.717) is 5.57 Å². The van der Waals surface area contributed by atoms with Gasteiger partial charge in [0.15, 0.2) is 5.45 Å². The number of nitrogens with one attached hydrogen (secondary N) is 1. The molecule has 0 amide bonds. The molecule has 1 aromatic rings. The lowest BCUT2D eigenvalue weighted by molar-refractivity contribution is 0.290. The SMILES string of the molecule is COP(=O)(OC)/C(=N\NS(=O)(=O)c1ccc(C)cc1)C(C)=C(C)C. The molecule has 0 saturated heterocycles. The molecule has 0 bridgehead atoms. The average molecular weight is 374 g/mol. The number of sulfonamides is 1. The Morgan fingerprint density at radius 2 is 1.58 bits per heavy atom. The van der Waals surface area contributed by atoms with Crippen molar-refractivity contribution in [3.05, 3.63) is 41.0 Å². The van der Waals surface area contributed by atoms with Crippen LogP contribution in [0.25, 0.3) is 0 Å². The van der Waals surface area contributed by atoms with Gasteiger partial charge >= 0.3 is 7.60 Å². The summed E-state index contributed by atoms with van der Waals surface area (Å²) in [5, 5.41) is 3.84. The van der Waals surface area contributed by atoms with Crippen LogP contribution in [0.2, 0.25) is 0 Å². The maximum Gasteiger partial charge on any atom is 0.381 e. The van der Waals surface area contributed by atoms with Gasteiger partial charge in [-0.3, -0.25) is 4.57 Å². The van der Waals surface area contributed by atoms with Crippen LogP contribution in [0.5, 0.6) is 0 Å². The summed E-state index contributed by atoms with van der Waals surface area (Å²) >= 11 is 0. The normalized spacial score (nSPS) is 12.8. The van der Waals surface area contributed by atoms with E-state index in [1.807, 2.05) is 6.92 Å². The Labute approximate surface area is 143 Å². The van der Waals surface area contributed by atoms with Crippen molar-refractivity contribution in [3.8, 4) is 0 Å². The highest BCUT2D eigenvalue weighted by molar-refractivity contribution is 7.89. The zero-order valence-electron chi connectivity index (χ0n) is 14.7. The van der Waals surface area contributed by atoms with Crippen molar-refractivity contribution in [2.24, 2.45) is 5.10 Å². The fraction of sp³-hybridized carbons (Fsp3) is 0.400. The lowest BCUT2D eigenvalue weighted by Crippen LogP contribution is -2.21. The minimum atomic E-state index is -3.90. The molecule has 0 saturated carbocycles. The summed E-state index contributed by atoms with van der Waals surface area (Å²) < 4.78 is 47.2. The summed E-state index contributed by atoms with van der Waals surface area (Å²) in [6.07, 6.45) is 0. The van der Waals surface area contributed by atoms with Crippen LogP contribution in [0.4, 0.5) is 0 Å². The van der Waals surface area contributed by atoms with Crippen molar-refractivity contribution in [1.82, 2.24) is 4.83 Å². The molecule has 1 N–H and O–H groups in total. The monoisotopic (exact) mass is 374 g/mol. The van der Waals surface area contributed by atoms with E-state index in [2.05, 4.69) is 9.93 Å². The Kier molecular flexibility index (Phi) is 6.92. The molecule has 9 heteroatoms. The van der Waals surface area contributed by atoms with Gasteiger partial charge in [-0.15, -0.1) is 0 Å². The van der Waals surface area contributed by atoms with Gasteiger partial charge in [-0.25, -0.2) is 0 Å². The van der Waals surface area contributed by atoms with Crippen LogP contribution < -0.4 is 4.83 Å². The van der Waals surface area contributed by atoms with Gasteiger partial charge in [0.05, 0.1) is 4.90 Å². The van der Waals surface area contributed by atoms with Crippen LogP contribution in [0.3, 0.4) is 0 Å². The lowest BCUT2D eigenvalue weighted by atomic mass is 10.2. The second kappa shape index (κ2) is 8.07. The summed E-state index contributed by atoms with van der Waals surface area (Å²) in [4.78, 5) is 2.15. The van der Waals surface area contributed by atoms with Gasteiger partial charge in [0.25, 0.3) is 10.0 Å². The van der Waals surface area contributed by atoms with Crippen molar-refractivity contribution in [1.29, 1.82) is 0 Å². The van der Waals surface area contributed by atoms with Gasteiger partial charge in [0.1, 0.15) is 0 Å². The van der Waals surface area contributed by atoms with E-state index < -0.39 is 17.6 Å². The van der Waals surface area contributed by atoms with E-state index in [1.54, 1.807) is 32.9 Å². The van der Waals surface area contributed by atoms with E-state index in [9.17, 15) is 13.0 Å². The molecular weight excluding hydrogens is 351 g/mol. The highest BCUT2D eigenvalue weighted by atomic mass is 32.2. The summed E-state index contributed by atoms with van der Waals surface area (Å²) in [6.45, 7) is 7.09. The molecule has 0 aliphatic rings. The fourth-order valence-electron chi connectivity index (χ4n) is 1.70. The number of benzene rings is 1. The zero-order valence-corrected chi connectivity index (χ0v) is 16.4. The van der Waals surface area contributed by atoms with Gasteiger partial charge < -0.3 is 9.05 Å². The van der Waals surface area contributed by atoms with E-state index in [-0.39, 0.29) is 10.3 Å². The summed E-state index contributed by atoms with van der Waals surface area (Å²) in [5.41, 5.74) is 2.18. The van der Waals surface area contributed by atoms with Crippen LogP contribution in [0.15, 0.2) is 45.4 Å². The molecule has 0 atom stereocenters. The van der Waals surface area contributed by atoms with Crippen LogP contribution >= 0.6 is 7.60 Å². The van der Waals surface area contributed by atoms with E-state index in [4.69, 9.17) is 9.05 Å². The number of nitrogens with zero attached hydrogens (tertiary/aromatic N) is 1. The molecule has 0 aliphatic carbocycles. The average Bonchev–Trinajstić information content (AvgIpc) is 2.54. The third kappa shape index (κ3) is 4.77. The molecule has 0 aromatic heterocycles. The van der Waals surface area contributed by atoms with Gasteiger partial charge in [0.2, 0.25) is 0 Å². The number of hydrogen-bond acceptors (Lipinski definition) is 6. The van der Waals surface area contributed by atoms with Crippen LogP contribution in [0, 0.1) is 6.92 Å². The summed E-state index contributed by atoms with van der Waals surface area (Å²) in [6, 6.07) is 6.28. The second-order valence-electron chi connectivity index (χ2n) is 5.33. The predicted molar refractivity (Wildman–Crippen MR) is 94.6 cm³/mol. The van der Waals surface area contributed by atoms with E-state index in [0.717, 1.165) is 11.1 Å². The number of aryl methyl sites for hydroxylation is 1. The number of rotatable bonds is 7. The topological polar surface area (TPSA) is 94.1 Å². The number of allylic oxidation sites excluding steroid dienone is 2. The number of hydrogen-bond donors (Lipinski definition) is 1. The Morgan fingerprint density at radius 3 is 2.00 bits per heavy atom. The standard InChI is InChI=1S/C15H23N2O5PS/c1-11(2)13(4)15(23(18,21-5)22-6)16-17-24(19,20)14-9-7-12(3)8-10-14/h7-10,17H,1-6H3/b16-15-. The highest BCUT2D eigenvalue weighted by Crippen LogP contribution is 2.50. The van der Waals surface area contributed by atoms with Gasteiger partial charge in [-0.2, -0.15) is 18.4 Å². The minimum absolute atomic E-state index is 0.0516. The summed E-state index contributed by atoms with van der Waals surface area (Å²) in [5.74, 6) is 0. The van der Waals surface area contributed by atoms with Gasteiger partial charge in [-0.05, 0) is 45.4 Å². The maximum atomic E-state index is 12.7. The molecular formula is C15H23N2O5PS. The first-order valence-electron chi connectivity index (χ1n) is 7.10. The molecule has 0 aliphatic heterocycles. The highest BCUT2D eigenvalue weighted by Gasteiger charge is 2.32. The Balaban J connectivity index is 3.33. The van der Waals surface area contributed by atoms with Crippen molar-refractivity contribution in [2.75, 3.05) is 14.2 Å². The van der Waals surface area contributed by atoms with Gasteiger partial charge in [0, 0.05) is 14.2 Å². The molecule has 1 aromatic carbocycles. The molecule has 0 unspecified atom stereocenters. The van der Waals surface area contributed by atoms with Crippen LogP contribution in [-0.4, -0.2) is 28.1 Å².